The summed E-state index contributed by atoms with van der Waals surface area (Å²) in [5, 5.41) is 6.82. The van der Waals surface area contributed by atoms with Gasteiger partial charge in [0.1, 0.15) is 0 Å². The first-order valence-corrected chi connectivity index (χ1v) is 10.1. The number of rotatable bonds is 10. The van der Waals surface area contributed by atoms with Crippen LogP contribution in [0.3, 0.4) is 0 Å². The second kappa shape index (κ2) is 13.0. The Labute approximate surface area is 187 Å². The Bertz CT molecular complexity index is 702. The van der Waals surface area contributed by atoms with Crippen LogP contribution in [0.4, 0.5) is 0 Å². The van der Waals surface area contributed by atoms with Crippen LogP contribution < -0.4 is 10.6 Å². The first kappa shape index (κ1) is 24.7. The van der Waals surface area contributed by atoms with E-state index in [2.05, 4.69) is 76.0 Å². The van der Waals surface area contributed by atoms with Gasteiger partial charge < -0.3 is 15.2 Å². The Morgan fingerprint density at radius 3 is 2.36 bits per heavy atom. The summed E-state index contributed by atoms with van der Waals surface area (Å²) in [6.07, 6.45) is 4.06. The summed E-state index contributed by atoms with van der Waals surface area (Å²) in [5.74, 6) is 0.881. The van der Waals surface area contributed by atoms with Gasteiger partial charge >= 0.3 is 0 Å². The van der Waals surface area contributed by atoms with E-state index < -0.39 is 0 Å². The second-order valence-corrected chi connectivity index (χ2v) is 7.48. The molecule has 0 saturated heterocycles. The van der Waals surface area contributed by atoms with Crippen molar-refractivity contribution >= 4 is 41.0 Å². The van der Waals surface area contributed by atoms with Crippen LogP contribution in [0.15, 0.2) is 35.6 Å². The number of aliphatic imine (C=N–C) groups is 1. The normalized spacial score (nSPS) is 12.1. The van der Waals surface area contributed by atoms with Gasteiger partial charge in [-0.2, -0.15) is 0 Å². The van der Waals surface area contributed by atoms with Crippen molar-refractivity contribution in [3.8, 4) is 0 Å². The number of hydrogen-bond donors (Lipinski definition) is 2. The molecule has 6 nitrogen and oxygen atoms in total. The standard InChI is InChI=1S/C21H36N6.HI/c1-17(2)27(18(3)4)15-9-13-24-21(22-5)23-12-8-14-26-16-25-19-10-6-7-11-20(19)26;/h6-7,10-11,16-18H,8-9,12-15H2,1-5H3,(H2,22,23,24);1H. The third-order valence-electron chi connectivity index (χ3n) is 4.83. The number of nitrogens with one attached hydrogen (secondary N) is 2. The van der Waals surface area contributed by atoms with E-state index in [1.54, 1.807) is 0 Å². The Morgan fingerprint density at radius 1 is 1.07 bits per heavy atom. The van der Waals surface area contributed by atoms with Crippen LogP contribution in [0.5, 0.6) is 0 Å². The molecule has 0 bridgehead atoms. The van der Waals surface area contributed by atoms with Gasteiger partial charge in [-0.25, -0.2) is 4.98 Å². The minimum absolute atomic E-state index is 0. The topological polar surface area (TPSA) is 57.5 Å². The van der Waals surface area contributed by atoms with E-state index in [1.807, 2.05) is 19.4 Å². The Kier molecular flexibility index (Phi) is 11.4. The fraction of sp³-hybridized carbons (Fsp3) is 0.619. The Hall–Kier alpha value is -1.35. The number of halogens is 1. The monoisotopic (exact) mass is 500 g/mol. The average molecular weight is 500 g/mol. The molecule has 158 valence electrons. The number of aromatic nitrogens is 2. The van der Waals surface area contributed by atoms with Crippen LogP contribution in [0, 0.1) is 0 Å². The molecule has 28 heavy (non-hydrogen) atoms. The molecule has 0 fully saturated rings. The van der Waals surface area contributed by atoms with E-state index in [1.165, 1.54) is 5.52 Å². The van der Waals surface area contributed by atoms with Gasteiger partial charge in [0, 0.05) is 45.3 Å². The lowest BCUT2D eigenvalue weighted by Gasteiger charge is -2.30. The van der Waals surface area contributed by atoms with Crippen LogP contribution in [0.2, 0.25) is 0 Å². The molecule has 1 heterocycles. The molecule has 0 spiro atoms. The number of benzene rings is 1. The summed E-state index contributed by atoms with van der Waals surface area (Å²) in [4.78, 5) is 11.3. The highest BCUT2D eigenvalue weighted by Crippen LogP contribution is 2.11. The highest BCUT2D eigenvalue weighted by atomic mass is 127. The number of guanidine groups is 1. The highest BCUT2D eigenvalue weighted by Gasteiger charge is 2.12. The van der Waals surface area contributed by atoms with Crippen molar-refractivity contribution in [2.75, 3.05) is 26.7 Å². The van der Waals surface area contributed by atoms with Crippen LogP contribution in [0.25, 0.3) is 11.0 Å². The maximum absolute atomic E-state index is 4.44. The van der Waals surface area contributed by atoms with Gasteiger partial charge in [0.15, 0.2) is 5.96 Å². The third kappa shape index (κ3) is 7.58. The van der Waals surface area contributed by atoms with Gasteiger partial charge in [-0.3, -0.25) is 9.89 Å². The summed E-state index contributed by atoms with van der Waals surface area (Å²) < 4.78 is 2.21. The first-order chi connectivity index (χ1) is 13.0. The lowest BCUT2D eigenvalue weighted by Crippen LogP contribution is -2.41. The van der Waals surface area contributed by atoms with E-state index in [-0.39, 0.29) is 24.0 Å². The highest BCUT2D eigenvalue weighted by molar-refractivity contribution is 14.0. The number of fused-ring (bicyclic) bond motifs is 1. The van der Waals surface area contributed by atoms with Gasteiger partial charge in [-0.15, -0.1) is 24.0 Å². The second-order valence-electron chi connectivity index (χ2n) is 7.48. The van der Waals surface area contributed by atoms with Crippen molar-refractivity contribution in [1.82, 2.24) is 25.1 Å². The van der Waals surface area contributed by atoms with Gasteiger partial charge in [0.2, 0.25) is 0 Å². The first-order valence-electron chi connectivity index (χ1n) is 10.1. The fourth-order valence-electron chi connectivity index (χ4n) is 3.45. The molecule has 2 rings (SSSR count). The van der Waals surface area contributed by atoms with Crippen molar-refractivity contribution in [1.29, 1.82) is 0 Å². The zero-order chi connectivity index (χ0) is 19.6. The lowest BCUT2D eigenvalue weighted by molar-refractivity contribution is 0.173. The molecule has 2 aromatic rings. The van der Waals surface area contributed by atoms with Gasteiger partial charge in [-0.05, 0) is 52.7 Å². The Balaban J connectivity index is 0.00000392. The number of para-hydroxylation sites is 2. The summed E-state index contributed by atoms with van der Waals surface area (Å²) in [5.41, 5.74) is 2.25. The van der Waals surface area contributed by atoms with Crippen molar-refractivity contribution in [3.05, 3.63) is 30.6 Å². The number of hydrogen-bond acceptors (Lipinski definition) is 3. The molecule has 1 aromatic heterocycles. The molecule has 0 unspecified atom stereocenters. The van der Waals surface area contributed by atoms with E-state index in [4.69, 9.17) is 0 Å². The summed E-state index contributed by atoms with van der Waals surface area (Å²) in [7, 11) is 1.83. The molecule has 0 atom stereocenters. The van der Waals surface area contributed by atoms with E-state index in [0.29, 0.717) is 12.1 Å². The van der Waals surface area contributed by atoms with Gasteiger partial charge in [0.25, 0.3) is 0 Å². The molecule has 1 aromatic carbocycles. The zero-order valence-electron chi connectivity index (χ0n) is 18.0. The lowest BCUT2D eigenvalue weighted by atomic mass is 10.2. The molecule has 0 aliphatic rings. The summed E-state index contributed by atoms with van der Waals surface area (Å²) in [6, 6.07) is 9.43. The van der Waals surface area contributed by atoms with Crippen molar-refractivity contribution < 1.29 is 0 Å². The molecule has 2 N–H and O–H groups in total. The van der Waals surface area contributed by atoms with E-state index in [9.17, 15) is 0 Å². The molecule has 0 saturated carbocycles. The van der Waals surface area contributed by atoms with Crippen LogP contribution in [-0.4, -0.2) is 59.2 Å². The predicted molar refractivity (Wildman–Crippen MR) is 131 cm³/mol. The van der Waals surface area contributed by atoms with Crippen LogP contribution in [0.1, 0.15) is 40.5 Å². The quantitative estimate of drug-likeness (QED) is 0.226. The van der Waals surface area contributed by atoms with Crippen molar-refractivity contribution in [2.24, 2.45) is 4.99 Å². The van der Waals surface area contributed by atoms with E-state index >= 15 is 0 Å². The fourth-order valence-corrected chi connectivity index (χ4v) is 3.45. The van der Waals surface area contributed by atoms with Crippen molar-refractivity contribution in [2.45, 2.75) is 59.2 Å². The molecule has 7 heteroatoms. The molecular weight excluding hydrogens is 463 g/mol. The molecule has 0 amide bonds. The zero-order valence-corrected chi connectivity index (χ0v) is 20.3. The summed E-state index contributed by atoms with van der Waals surface area (Å²) in [6.45, 7) is 12.9. The average Bonchev–Trinajstić information content (AvgIpc) is 3.05. The molecular formula is C21H37IN6. The molecule has 0 aliphatic carbocycles. The predicted octanol–water partition coefficient (Wildman–Crippen LogP) is 3.72. The third-order valence-corrected chi connectivity index (χ3v) is 4.83. The van der Waals surface area contributed by atoms with Gasteiger partial charge in [0.05, 0.1) is 17.4 Å². The van der Waals surface area contributed by atoms with Crippen LogP contribution in [-0.2, 0) is 6.54 Å². The Morgan fingerprint density at radius 2 is 1.71 bits per heavy atom. The van der Waals surface area contributed by atoms with Gasteiger partial charge in [-0.1, -0.05) is 12.1 Å². The number of nitrogens with zero attached hydrogens (tertiary/aromatic N) is 4. The molecule has 0 aliphatic heterocycles. The summed E-state index contributed by atoms with van der Waals surface area (Å²) >= 11 is 0. The van der Waals surface area contributed by atoms with Crippen LogP contribution >= 0.6 is 24.0 Å². The largest absolute Gasteiger partial charge is 0.356 e. The maximum Gasteiger partial charge on any atom is 0.190 e. The maximum atomic E-state index is 4.44. The van der Waals surface area contributed by atoms with Crippen molar-refractivity contribution in [3.63, 3.8) is 0 Å². The number of aryl methyl sites for hydroxylation is 1. The SMILES string of the molecule is CN=C(NCCCN(C(C)C)C(C)C)NCCCn1cnc2ccccc21.I. The number of imidazole rings is 1. The van der Waals surface area contributed by atoms with E-state index in [0.717, 1.165) is 50.5 Å². The smallest absolute Gasteiger partial charge is 0.190 e. The molecule has 0 radical (unpaired) electrons. The minimum Gasteiger partial charge on any atom is -0.356 e. The minimum atomic E-state index is 0.